The van der Waals surface area contributed by atoms with Crippen LogP contribution in [0.1, 0.15) is 0 Å². The number of hydrogen-bond acceptors (Lipinski definition) is 3. The Balaban J connectivity index is 2.67. The zero-order chi connectivity index (χ0) is 11.7. The number of hydrogen-bond donors (Lipinski definition) is 2. The Morgan fingerprint density at radius 2 is 2.25 bits per heavy atom. The Kier molecular flexibility index (Phi) is 2.82. The predicted octanol–water partition coefficient (Wildman–Crippen LogP) is 2.57. The third kappa shape index (κ3) is 1.76. The van der Waals surface area contributed by atoms with Gasteiger partial charge in [0.1, 0.15) is 17.4 Å². The maximum atomic E-state index is 13.7. The summed E-state index contributed by atoms with van der Waals surface area (Å²) in [7, 11) is 1.47. The highest BCUT2D eigenvalue weighted by molar-refractivity contribution is 9.10. The zero-order valence-electron chi connectivity index (χ0n) is 8.42. The van der Waals surface area contributed by atoms with Gasteiger partial charge in [0, 0.05) is 6.07 Å². The van der Waals surface area contributed by atoms with Gasteiger partial charge in [-0.15, -0.1) is 0 Å². The molecule has 0 atom stereocenters. The quantitative estimate of drug-likeness (QED) is 0.891. The molecule has 0 radical (unpaired) electrons. The molecule has 84 valence electrons. The number of nitrogens with two attached hydrogens (primary N) is 1. The Morgan fingerprint density at radius 1 is 1.50 bits per heavy atom. The molecular formula is C10H9BrFN3O. The number of nitrogens with one attached hydrogen (secondary N) is 1. The van der Waals surface area contributed by atoms with Crippen molar-refractivity contribution in [3.63, 3.8) is 0 Å². The van der Waals surface area contributed by atoms with E-state index in [1.807, 2.05) is 0 Å². The van der Waals surface area contributed by atoms with E-state index in [9.17, 15) is 4.39 Å². The molecule has 0 aliphatic rings. The van der Waals surface area contributed by atoms with Crippen molar-refractivity contribution in [3.8, 4) is 17.0 Å². The van der Waals surface area contributed by atoms with Crippen LogP contribution in [0, 0.1) is 5.82 Å². The zero-order valence-corrected chi connectivity index (χ0v) is 10.0. The van der Waals surface area contributed by atoms with Crippen LogP contribution in [-0.4, -0.2) is 17.3 Å². The Hall–Kier alpha value is -1.56. The molecule has 0 saturated heterocycles. The van der Waals surface area contributed by atoms with Crippen molar-refractivity contribution in [3.05, 3.63) is 28.5 Å². The molecule has 16 heavy (non-hydrogen) atoms. The number of ether oxygens (including phenoxy) is 1. The summed E-state index contributed by atoms with van der Waals surface area (Å²) in [5, 5.41) is 6.40. The number of rotatable bonds is 2. The normalized spacial score (nSPS) is 10.4. The molecule has 1 aromatic carbocycles. The van der Waals surface area contributed by atoms with Gasteiger partial charge in [-0.3, -0.25) is 5.10 Å². The van der Waals surface area contributed by atoms with Crippen LogP contribution in [0.4, 0.5) is 10.2 Å². The molecule has 0 saturated carbocycles. The molecule has 0 spiro atoms. The van der Waals surface area contributed by atoms with Gasteiger partial charge in [-0.05, 0) is 28.1 Å². The van der Waals surface area contributed by atoms with E-state index in [0.717, 1.165) is 0 Å². The monoisotopic (exact) mass is 285 g/mol. The fraction of sp³-hybridized carbons (Fsp3) is 0.100. The van der Waals surface area contributed by atoms with Crippen LogP contribution in [0.5, 0.6) is 5.75 Å². The summed E-state index contributed by atoms with van der Waals surface area (Å²) in [6.45, 7) is 0. The van der Waals surface area contributed by atoms with E-state index in [0.29, 0.717) is 27.3 Å². The minimum atomic E-state index is -0.399. The lowest BCUT2D eigenvalue weighted by Crippen LogP contribution is -1.93. The van der Waals surface area contributed by atoms with Crippen molar-refractivity contribution in [1.29, 1.82) is 0 Å². The topological polar surface area (TPSA) is 63.9 Å². The Labute approximate surface area is 99.7 Å². The number of benzene rings is 1. The molecule has 3 N–H and O–H groups in total. The number of aromatic amines is 1. The number of aromatic nitrogens is 2. The van der Waals surface area contributed by atoms with E-state index < -0.39 is 5.82 Å². The molecule has 2 rings (SSSR count). The molecule has 0 aliphatic carbocycles. The van der Waals surface area contributed by atoms with Crippen LogP contribution in [0.25, 0.3) is 11.3 Å². The fourth-order valence-electron chi connectivity index (χ4n) is 1.45. The van der Waals surface area contributed by atoms with Crippen LogP contribution in [0.15, 0.2) is 22.7 Å². The van der Waals surface area contributed by atoms with Crippen molar-refractivity contribution < 1.29 is 9.13 Å². The smallest absolute Gasteiger partial charge is 0.145 e. The van der Waals surface area contributed by atoms with Crippen molar-refractivity contribution in [2.45, 2.75) is 0 Å². The standard InChI is InChI=1S/C10H9BrFN3O/c1-16-10-5(11)2-3-6(12)9(10)7-4-8(13)15-14-7/h2-4H,1H3,(H3,13,14,15). The molecule has 1 heterocycles. The van der Waals surface area contributed by atoms with Crippen molar-refractivity contribution in [2.75, 3.05) is 12.8 Å². The van der Waals surface area contributed by atoms with Gasteiger partial charge in [-0.2, -0.15) is 5.10 Å². The lowest BCUT2D eigenvalue weighted by atomic mass is 10.1. The van der Waals surface area contributed by atoms with Gasteiger partial charge in [0.15, 0.2) is 0 Å². The average Bonchev–Trinajstić information content (AvgIpc) is 2.67. The van der Waals surface area contributed by atoms with Crippen LogP contribution in [-0.2, 0) is 0 Å². The minimum Gasteiger partial charge on any atom is -0.495 e. The van der Waals surface area contributed by atoms with Gasteiger partial charge >= 0.3 is 0 Å². The number of nitrogens with zero attached hydrogens (tertiary/aromatic N) is 1. The van der Waals surface area contributed by atoms with Crippen molar-refractivity contribution in [1.82, 2.24) is 10.2 Å². The molecule has 0 aliphatic heterocycles. The lowest BCUT2D eigenvalue weighted by Gasteiger charge is -2.09. The molecule has 2 aromatic rings. The van der Waals surface area contributed by atoms with Gasteiger partial charge in [-0.1, -0.05) is 0 Å². The average molecular weight is 286 g/mol. The summed E-state index contributed by atoms with van der Waals surface area (Å²) >= 11 is 3.29. The van der Waals surface area contributed by atoms with E-state index in [-0.39, 0.29) is 0 Å². The second-order valence-electron chi connectivity index (χ2n) is 3.14. The van der Waals surface area contributed by atoms with Crippen molar-refractivity contribution in [2.24, 2.45) is 0 Å². The van der Waals surface area contributed by atoms with E-state index in [1.54, 1.807) is 12.1 Å². The maximum Gasteiger partial charge on any atom is 0.145 e. The van der Waals surface area contributed by atoms with E-state index in [2.05, 4.69) is 26.1 Å². The molecule has 4 nitrogen and oxygen atoms in total. The van der Waals surface area contributed by atoms with E-state index >= 15 is 0 Å². The first-order chi connectivity index (χ1) is 7.63. The molecule has 1 aromatic heterocycles. The highest BCUT2D eigenvalue weighted by atomic mass is 79.9. The second-order valence-corrected chi connectivity index (χ2v) is 4.00. The molecular weight excluding hydrogens is 277 g/mol. The molecule has 0 bridgehead atoms. The summed E-state index contributed by atoms with van der Waals surface area (Å²) in [5.41, 5.74) is 6.26. The van der Waals surface area contributed by atoms with Crippen LogP contribution in [0.3, 0.4) is 0 Å². The van der Waals surface area contributed by atoms with Crippen LogP contribution >= 0.6 is 15.9 Å². The van der Waals surface area contributed by atoms with E-state index in [4.69, 9.17) is 10.5 Å². The van der Waals surface area contributed by atoms with Crippen LogP contribution in [0.2, 0.25) is 0 Å². The molecule has 0 unspecified atom stereocenters. The molecule has 6 heteroatoms. The van der Waals surface area contributed by atoms with Gasteiger partial charge in [-0.25, -0.2) is 4.39 Å². The number of anilines is 1. The Morgan fingerprint density at radius 3 is 2.81 bits per heavy atom. The SMILES string of the molecule is COc1c(Br)ccc(F)c1-c1cc(N)n[nH]1. The first-order valence-corrected chi connectivity index (χ1v) is 5.26. The number of halogens is 2. The summed E-state index contributed by atoms with van der Waals surface area (Å²) in [5.74, 6) is 0.309. The second kappa shape index (κ2) is 4.13. The van der Waals surface area contributed by atoms with Gasteiger partial charge < -0.3 is 10.5 Å². The summed E-state index contributed by atoms with van der Waals surface area (Å²) in [6, 6.07) is 4.48. The van der Waals surface area contributed by atoms with Gasteiger partial charge in [0.2, 0.25) is 0 Å². The maximum absolute atomic E-state index is 13.7. The summed E-state index contributed by atoms with van der Waals surface area (Å²) < 4.78 is 19.5. The third-order valence-corrected chi connectivity index (χ3v) is 2.75. The third-order valence-electron chi connectivity index (χ3n) is 2.13. The largest absolute Gasteiger partial charge is 0.495 e. The van der Waals surface area contributed by atoms with Crippen LogP contribution < -0.4 is 10.5 Å². The first-order valence-electron chi connectivity index (χ1n) is 4.46. The predicted molar refractivity (Wildman–Crippen MR) is 62.6 cm³/mol. The number of nitrogen functional groups attached to an aromatic ring is 1. The van der Waals surface area contributed by atoms with Gasteiger partial charge in [0.05, 0.1) is 22.8 Å². The highest BCUT2D eigenvalue weighted by Gasteiger charge is 2.16. The molecule has 0 amide bonds. The summed E-state index contributed by atoms with van der Waals surface area (Å²) in [6.07, 6.45) is 0. The minimum absolute atomic E-state index is 0.302. The Bertz CT molecular complexity index is 527. The van der Waals surface area contributed by atoms with Gasteiger partial charge in [0.25, 0.3) is 0 Å². The summed E-state index contributed by atoms with van der Waals surface area (Å²) in [4.78, 5) is 0. The molecule has 0 fully saturated rings. The van der Waals surface area contributed by atoms with Crippen molar-refractivity contribution >= 4 is 21.7 Å². The highest BCUT2D eigenvalue weighted by Crippen LogP contribution is 2.37. The number of methoxy groups -OCH3 is 1. The van der Waals surface area contributed by atoms with E-state index in [1.165, 1.54) is 13.2 Å². The lowest BCUT2D eigenvalue weighted by molar-refractivity contribution is 0.410. The first kappa shape index (κ1) is 10.9. The fourth-order valence-corrected chi connectivity index (χ4v) is 1.94. The number of H-pyrrole nitrogens is 1.